The Hall–Kier alpha value is -1.30. The van der Waals surface area contributed by atoms with Crippen LogP contribution in [0.3, 0.4) is 0 Å². The van der Waals surface area contributed by atoms with Gasteiger partial charge in [0.1, 0.15) is 5.75 Å². The van der Waals surface area contributed by atoms with Crippen molar-refractivity contribution in [2.24, 2.45) is 5.73 Å². The second-order valence-corrected chi connectivity index (χ2v) is 3.49. The van der Waals surface area contributed by atoms with E-state index in [9.17, 15) is 0 Å². The molecule has 0 saturated heterocycles. The van der Waals surface area contributed by atoms with Crippen LogP contribution in [0.25, 0.3) is 0 Å². The second-order valence-electron chi connectivity index (χ2n) is 3.05. The van der Waals surface area contributed by atoms with Crippen molar-refractivity contribution in [3.05, 3.63) is 41.0 Å². The molecular weight excluding hydrogens is 265 g/mol. The largest absolute Gasteiger partial charge is 0.484 e. The molecule has 17 heavy (non-hydrogen) atoms. The second kappa shape index (κ2) is 6.44. The van der Waals surface area contributed by atoms with E-state index in [0.29, 0.717) is 22.5 Å². The third kappa shape index (κ3) is 3.89. The fourth-order valence-corrected chi connectivity index (χ4v) is 1.23. The zero-order valence-corrected chi connectivity index (χ0v) is 10.4. The maximum atomic E-state index is 5.74. The van der Waals surface area contributed by atoms with Crippen LogP contribution in [0.5, 0.6) is 5.75 Å². The predicted octanol–water partition coefficient (Wildman–Crippen LogP) is 2.18. The molecule has 2 aromatic rings. The van der Waals surface area contributed by atoms with Crippen LogP contribution in [0.2, 0.25) is 5.02 Å². The molecule has 0 amide bonds. The topological polar surface area (TPSA) is 74.2 Å². The molecule has 0 saturated carbocycles. The number of aromatic nitrogens is 2. The number of hydrogen-bond donors (Lipinski definition) is 1. The van der Waals surface area contributed by atoms with Crippen molar-refractivity contribution in [2.75, 3.05) is 0 Å². The maximum Gasteiger partial charge on any atom is 0.264 e. The van der Waals surface area contributed by atoms with E-state index >= 15 is 0 Å². The molecule has 0 aliphatic carbocycles. The molecule has 0 aliphatic rings. The lowest BCUT2D eigenvalue weighted by atomic mass is 10.3. The fourth-order valence-electron chi connectivity index (χ4n) is 1.11. The summed E-state index contributed by atoms with van der Waals surface area (Å²) in [6.45, 7) is 0.471. The van der Waals surface area contributed by atoms with Gasteiger partial charge in [-0.15, -0.1) is 12.4 Å². The minimum Gasteiger partial charge on any atom is -0.484 e. The zero-order valence-electron chi connectivity index (χ0n) is 8.80. The van der Waals surface area contributed by atoms with Crippen molar-refractivity contribution >= 4 is 24.0 Å². The van der Waals surface area contributed by atoms with Gasteiger partial charge in [0, 0.05) is 5.02 Å². The summed E-state index contributed by atoms with van der Waals surface area (Å²) in [5.74, 6) is 1.56. The number of rotatable bonds is 4. The van der Waals surface area contributed by atoms with E-state index < -0.39 is 0 Å². The molecule has 0 bridgehead atoms. The van der Waals surface area contributed by atoms with Gasteiger partial charge in [0.15, 0.2) is 12.4 Å². The highest BCUT2D eigenvalue weighted by molar-refractivity contribution is 6.30. The maximum absolute atomic E-state index is 5.74. The Balaban J connectivity index is 0.00000144. The molecule has 7 heteroatoms. The third-order valence-electron chi connectivity index (χ3n) is 1.87. The van der Waals surface area contributed by atoms with Crippen LogP contribution in [0, 0.1) is 0 Å². The highest BCUT2D eigenvalue weighted by Gasteiger charge is 2.05. The lowest BCUT2D eigenvalue weighted by Crippen LogP contribution is -1.99. The van der Waals surface area contributed by atoms with Crippen LogP contribution in [-0.2, 0) is 13.2 Å². The van der Waals surface area contributed by atoms with Crippen molar-refractivity contribution in [3.8, 4) is 5.75 Å². The first kappa shape index (κ1) is 13.8. The van der Waals surface area contributed by atoms with Crippen molar-refractivity contribution in [1.29, 1.82) is 0 Å². The number of nitrogens with two attached hydrogens (primary N) is 1. The minimum atomic E-state index is 0. The quantitative estimate of drug-likeness (QED) is 0.926. The number of halogens is 2. The minimum absolute atomic E-state index is 0. The van der Waals surface area contributed by atoms with Gasteiger partial charge in [-0.1, -0.05) is 16.8 Å². The lowest BCUT2D eigenvalue weighted by Gasteiger charge is -2.01. The third-order valence-corrected chi connectivity index (χ3v) is 2.12. The molecule has 92 valence electrons. The lowest BCUT2D eigenvalue weighted by molar-refractivity contribution is 0.242. The van der Waals surface area contributed by atoms with E-state index in [1.807, 2.05) is 0 Å². The van der Waals surface area contributed by atoms with Gasteiger partial charge >= 0.3 is 0 Å². The van der Waals surface area contributed by atoms with Gasteiger partial charge in [0.25, 0.3) is 5.89 Å². The van der Waals surface area contributed by atoms with Crippen LogP contribution < -0.4 is 10.5 Å². The van der Waals surface area contributed by atoms with Gasteiger partial charge < -0.3 is 15.0 Å². The standard InChI is InChI=1S/C10H10ClN3O2.ClH/c11-7-1-3-8(4-2-7)15-6-10-13-9(5-12)14-16-10;/h1-4H,5-6,12H2;1H. The highest BCUT2D eigenvalue weighted by atomic mass is 35.5. The first-order valence-corrected chi connectivity index (χ1v) is 5.05. The van der Waals surface area contributed by atoms with Crippen molar-refractivity contribution in [1.82, 2.24) is 10.1 Å². The van der Waals surface area contributed by atoms with Crippen molar-refractivity contribution < 1.29 is 9.26 Å². The normalized spacial score (nSPS) is 9.76. The Morgan fingerprint density at radius 2 is 2.00 bits per heavy atom. The molecule has 2 N–H and O–H groups in total. The Labute approximate surface area is 109 Å². The molecule has 1 aromatic heterocycles. The van der Waals surface area contributed by atoms with Crippen LogP contribution in [0.1, 0.15) is 11.7 Å². The molecule has 1 heterocycles. The summed E-state index contributed by atoms with van der Waals surface area (Å²) in [7, 11) is 0. The molecule has 1 aromatic carbocycles. The van der Waals surface area contributed by atoms with Crippen LogP contribution in [0.4, 0.5) is 0 Å². The molecule has 0 unspecified atom stereocenters. The SMILES string of the molecule is Cl.NCc1noc(COc2ccc(Cl)cc2)n1. The monoisotopic (exact) mass is 275 g/mol. The molecular formula is C10H11Cl2N3O2. The number of hydrogen-bond acceptors (Lipinski definition) is 5. The summed E-state index contributed by atoms with van der Waals surface area (Å²) in [5, 5.41) is 4.31. The first-order valence-electron chi connectivity index (χ1n) is 4.68. The van der Waals surface area contributed by atoms with Gasteiger partial charge in [-0.25, -0.2) is 0 Å². The number of ether oxygens (including phenoxy) is 1. The summed E-state index contributed by atoms with van der Waals surface area (Å²) in [6.07, 6.45) is 0. The summed E-state index contributed by atoms with van der Waals surface area (Å²) >= 11 is 5.74. The summed E-state index contributed by atoms with van der Waals surface area (Å²) in [6, 6.07) is 7.02. The Kier molecular flexibility index (Phi) is 5.21. The summed E-state index contributed by atoms with van der Waals surface area (Å²) < 4.78 is 10.3. The Morgan fingerprint density at radius 3 is 2.59 bits per heavy atom. The van der Waals surface area contributed by atoms with E-state index in [1.165, 1.54) is 0 Å². The smallest absolute Gasteiger partial charge is 0.264 e. The average Bonchev–Trinajstić information content (AvgIpc) is 2.76. The zero-order chi connectivity index (χ0) is 11.4. The fraction of sp³-hybridized carbons (Fsp3) is 0.200. The molecule has 0 radical (unpaired) electrons. The van der Waals surface area contributed by atoms with Crippen molar-refractivity contribution in [3.63, 3.8) is 0 Å². The number of benzene rings is 1. The average molecular weight is 276 g/mol. The summed E-state index contributed by atoms with van der Waals surface area (Å²) in [5.41, 5.74) is 5.35. The Bertz CT molecular complexity index is 459. The van der Waals surface area contributed by atoms with Gasteiger partial charge in [-0.3, -0.25) is 0 Å². The first-order chi connectivity index (χ1) is 7.78. The van der Waals surface area contributed by atoms with E-state index in [1.54, 1.807) is 24.3 Å². The predicted molar refractivity (Wildman–Crippen MR) is 65.2 cm³/mol. The molecule has 0 spiro atoms. The van der Waals surface area contributed by atoms with E-state index in [-0.39, 0.29) is 25.6 Å². The molecule has 0 aliphatic heterocycles. The van der Waals surface area contributed by atoms with Crippen LogP contribution >= 0.6 is 24.0 Å². The van der Waals surface area contributed by atoms with Gasteiger partial charge in [0.2, 0.25) is 0 Å². The van der Waals surface area contributed by atoms with Crippen LogP contribution in [0.15, 0.2) is 28.8 Å². The van der Waals surface area contributed by atoms with Gasteiger partial charge in [0.05, 0.1) is 6.54 Å². The van der Waals surface area contributed by atoms with Gasteiger partial charge in [-0.05, 0) is 24.3 Å². The molecule has 5 nitrogen and oxygen atoms in total. The van der Waals surface area contributed by atoms with E-state index in [0.717, 1.165) is 0 Å². The van der Waals surface area contributed by atoms with E-state index in [4.69, 9.17) is 26.6 Å². The highest BCUT2D eigenvalue weighted by Crippen LogP contribution is 2.16. The molecule has 2 rings (SSSR count). The number of nitrogens with zero attached hydrogens (tertiary/aromatic N) is 2. The molecule has 0 fully saturated rings. The van der Waals surface area contributed by atoms with Crippen molar-refractivity contribution in [2.45, 2.75) is 13.2 Å². The summed E-state index contributed by atoms with van der Waals surface area (Å²) in [4.78, 5) is 4.01. The van der Waals surface area contributed by atoms with Gasteiger partial charge in [-0.2, -0.15) is 4.98 Å². The van der Waals surface area contributed by atoms with E-state index in [2.05, 4.69) is 10.1 Å². The Morgan fingerprint density at radius 1 is 1.29 bits per heavy atom. The van der Waals surface area contributed by atoms with Crippen LogP contribution in [-0.4, -0.2) is 10.1 Å². The molecule has 0 atom stereocenters.